The minimum Gasteiger partial charge on any atom is -0.356 e. The van der Waals surface area contributed by atoms with Gasteiger partial charge < -0.3 is 10.3 Å². The molecule has 21 heavy (non-hydrogen) atoms. The van der Waals surface area contributed by atoms with E-state index in [0.29, 0.717) is 17.4 Å². The molecule has 3 aromatic rings. The number of imidazole rings is 1. The van der Waals surface area contributed by atoms with E-state index >= 15 is 0 Å². The number of fused-ring (bicyclic) bond motifs is 1. The van der Waals surface area contributed by atoms with Crippen LogP contribution >= 0.6 is 0 Å². The van der Waals surface area contributed by atoms with Gasteiger partial charge in [-0.1, -0.05) is 37.3 Å². The number of hydrogen-bond acceptors (Lipinski definition) is 2. The molecule has 2 N–H and O–H groups in total. The van der Waals surface area contributed by atoms with Crippen LogP contribution in [-0.4, -0.2) is 16.5 Å². The average Bonchev–Trinajstić information content (AvgIpc) is 2.89. The molecule has 0 bridgehead atoms. The normalized spacial score (nSPS) is 12.5. The number of anilines is 1. The number of H-pyrrole nitrogens is 1. The number of benzene rings is 2. The predicted molar refractivity (Wildman–Crippen MR) is 84.0 cm³/mol. The zero-order chi connectivity index (χ0) is 14.7. The van der Waals surface area contributed by atoms with Crippen molar-refractivity contribution in [3.63, 3.8) is 0 Å². The first-order chi connectivity index (χ1) is 10.2. The van der Waals surface area contributed by atoms with Crippen molar-refractivity contribution in [2.45, 2.75) is 19.3 Å². The fourth-order valence-corrected chi connectivity index (χ4v) is 2.42. The Kier molecular flexibility index (Phi) is 3.86. The number of nitrogens with one attached hydrogen (secondary N) is 2. The van der Waals surface area contributed by atoms with Crippen molar-refractivity contribution in [3.8, 4) is 0 Å². The summed E-state index contributed by atoms with van der Waals surface area (Å²) in [5, 5.41) is 3.27. The number of hydrogen-bond donors (Lipinski definition) is 2. The highest BCUT2D eigenvalue weighted by Crippen LogP contribution is 2.19. The third-order valence-electron chi connectivity index (χ3n) is 3.68. The van der Waals surface area contributed by atoms with Crippen LogP contribution in [0, 0.1) is 5.82 Å². The van der Waals surface area contributed by atoms with E-state index < -0.39 is 0 Å². The Morgan fingerprint density at radius 2 is 2.00 bits per heavy atom. The quantitative estimate of drug-likeness (QED) is 0.732. The lowest BCUT2D eigenvalue weighted by Gasteiger charge is -2.11. The smallest absolute Gasteiger partial charge is 0.201 e. The number of rotatable bonds is 5. The predicted octanol–water partition coefficient (Wildman–Crippen LogP) is 4.31. The summed E-state index contributed by atoms with van der Waals surface area (Å²) in [5.74, 6) is 0.923. The second kappa shape index (κ2) is 5.95. The lowest BCUT2D eigenvalue weighted by atomic mass is 9.98. The fourth-order valence-electron chi connectivity index (χ4n) is 2.42. The van der Waals surface area contributed by atoms with Gasteiger partial charge in [0, 0.05) is 6.54 Å². The van der Waals surface area contributed by atoms with Gasteiger partial charge in [-0.3, -0.25) is 0 Å². The first-order valence-electron chi connectivity index (χ1n) is 7.16. The summed E-state index contributed by atoms with van der Waals surface area (Å²) in [4.78, 5) is 7.48. The van der Waals surface area contributed by atoms with Crippen molar-refractivity contribution in [2.75, 3.05) is 11.9 Å². The monoisotopic (exact) mass is 283 g/mol. The van der Waals surface area contributed by atoms with E-state index in [0.717, 1.165) is 18.5 Å². The van der Waals surface area contributed by atoms with Crippen LogP contribution in [0.3, 0.4) is 0 Å². The van der Waals surface area contributed by atoms with Crippen molar-refractivity contribution in [1.29, 1.82) is 0 Å². The van der Waals surface area contributed by atoms with Crippen LogP contribution in [-0.2, 0) is 0 Å². The van der Waals surface area contributed by atoms with E-state index in [1.165, 1.54) is 17.7 Å². The minimum atomic E-state index is -0.254. The van der Waals surface area contributed by atoms with Gasteiger partial charge in [0.2, 0.25) is 5.95 Å². The van der Waals surface area contributed by atoms with Gasteiger partial charge in [-0.15, -0.1) is 0 Å². The van der Waals surface area contributed by atoms with Gasteiger partial charge in [0.05, 0.1) is 11.0 Å². The Bertz CT molecular complexity index is 721. The number of halogens is 1. The van der Waals surface area contributed by atoms with Crippen molar-refractivity contribution in [1.82, 2.24) is 9.97 Å². The zero-order valence-electron chi connectivity index (χ0n) is 11.9. The van der Waals surface area contributed by atoms with Gasteiger partial charge in [0.25, 0.3) is 0 Å². The molecule has 0 aliphatic rings. The number of aromatic amines is 1. The van der Waals surface area contributed by atoms with E-state index in [-0.39, 0.29) is 5.82 Å². The first kappa shape index (κ1) is 13.6. The van der Waals surface area contributed by atoms with Gasteiger partial charge in [0.15, 0.2) is 0 Å². The van der Waals surface area contributed by atoms with Crippen LogP contribution in [0.4, 0.5) is 10.3 Å². The summed E-state index contributed by atoms with van der Waals surface area (Å²) in [5.41, 5.74) is 2.83. The average molecular weight is 283 g/mol. The van der Waals surface area contributed by atoms with Crippen molar-refractivity contribution < 1.29 is 4.39 Å². The van der Waals surface area contributed by atoms with E-state index in [9.17, 15) is 4.39 Å². The van der Waals surface area contributed by atoms with Crippen LogP contribution < -0.4 is 5.32 Å². The van der Waals surface area contributed by atoms with Crippen LogP contribution in [0.1, 0.15) is 24.8 Å². The van der Waals surface area contributed by atoms with Crippen LogP contribution in [0.15, 0.2) is 48.5 Å². The first-order valence-corrected chi connectivity index (χ1v) is 7.16. The molecule has 3 rings (SSSR count). The van der Waals surface area contributed by atoms with Gasteiger partial charge in [-0.05, 0) is 36.1 Å². The molecule has 1 atom stereocenters. The largest absolute Gasteiger partial charge is 0.356 e. The molecule has 0 radical (unpaired) electrons. The van der Waals surface area contributed by atoms with Crippen LogP contribution in [0.25, 0.3) is 11.0 Å². The van der Waals surface area contributed by atoms with Gasteiger partial charge >= 0.3 is 0 Å². The molecule has 1 aromatic heterocycles. The Morgan fingerprint density at radius 1 is 1.19 bits per heavy atom. The molecular weight excluding hydrogens is 265 g/mol. The molecule has 0 aliphatic heterocycles. The molecule has 1 unspecified atom stereocenters. The van der Waals surface area contributed by atoms with E-state index in [1.807, 2.05) is 6.07 Å². The molecule has 2 aromatic carbocycles. The van der Waals surface area contributed by atoms with Gasteiger partial charge in [-0.2, -0.15) is 0 Å². The second-order valence-electron chi connectivity index (χ2n) is 5.27. The highest BCUT2D eigenvalue weighted by atomic mass is 19.1. The Morgan fingerprint density at radius 3 is 2.81 bits per heavy atom. The maximum atomic E-state index is 13.1. The molecule has 0 aliphatic carbocycles. The molecule has 0 fully saturated rings. The minimum absolute atomic E-state index is 0.254. The number of aromatic nitrogens is 2. The summed E-state index contributed by atoms with van der Waals surface area (Å²) in [6.45, 7) is 3.03. The van der Waals surface area contributed by atoms with Crippen molar-refractivity contribution in [3.05, 3.63) is 59.9 Å². The van der Waals surface area contributed by atoms with E-state index in [4.69, 9.17) is 0 Å². The molecule has 0 saturated carbocycles. The van der Waals surface area contributed by atoms with Gasteiger partial charge in [0.1, 0.15) is 5.82 Å². The molecule has 1 heterocycles. The van der Waals surface area contributed by atoms with Crippen LogP contribution in [0.5, 0.6) is 0 Å². The molecule has 108 valence electrons. The van der Waals surface area contributed by atoms with E-state index in [1.54, 1.807) is 6.07 Å². The summed E-state index contributed by atoms with van der Waals surface area (Å²) in [6.07, 6.45) is 1.01. The molecule has 0 amide bonds. The lowest BCUT2D eigenvalue weighted by Crippen LogP contribution is -2.06. The Labute approximate surface area is 123 Å². The Balaban J connectivity index is 1.59. The maximum Gasteiger partial charge on any atom is 0.201 e. The zero-order valence-corrected chi connectivity index (χ0v) is 11.9. The number of nitrogens with zero attached hydrogens (tertiary/aromatic N) is 1. The molecule has 0 saturated heterocycles. The van der Waals surface area contributed by atoms with E-state index in [2.05, 4.69) is 46.5 Å². The van der Waals surface area contributed by atoms with Crippen LogP contribution in [0.2, 0.25) is 0 Å². The SMILES string of the molecule is CC(CCNc1nc2ccc(F)cc2[nH]1)c1ccccc1. The summed E-state index contributed by atoms with van der Waals surface area (Å²) >= 11 is 0. The highest BCUT2D eigenvalue weighted by Gasteiger charge is 2.06. The molecule has 4 heteroatoms. The summed E-state index contributed by atoms with van der Waals surface area (Å²) < 4.78 is 13.1. The maximum absolute atomic E-state index is 13.1. The third kappa shape index (κ3) is 3.21. The van der Waals surface area contributed by atoms with Crippen molar-refractivity contribution >= 4 is 17.0 Å². The standard InChI is InChI=1S/C17H18FN3/c1-12(13-5-3-2-4-6-13)9-10-19-17-20-15-8-7-14(18)11-16(15)21-17/h2-8,11-12H,9-10H2,1H3,(H2,19,20,21). The van der Waals surface area contributed by atoms with Gasteiger partial charge in [-0.25, -0.2) is 9.37 Å². The topological polar surface area (TPSA) is 40.7 Å². The fraction of sp³-hybridized carbons (Fsp3) is 0.235. The molecular formula is C17H18FN3. The Hall–Kier alpha value is -2.36. The lowest BCUT2D eigenvalue weighted by molar-refractivity contribution is 0.629. The summed E-state index contributed by atoms with van der Waals surface area (Å²) in [7, 11) is 0. The van der Waals surface area contributed by atoms with Crippen molar-refractivity contribution in [2.24, 2.45) is 0 Å². The second-order valence-corrected chi connectivity index (χ2v) is 5.27. The molecule has 3 nitrogen and oxygen atoms in total. The molecule has 0 spiro atoms. The third-order valence-corrected chi connectivity index (χ3v) is 3.68. The summed E-state index contributed by atoms with van der Waals surface area (Å²) in [6, 6.07) is 15.0. The highest BCUT2D eigenvalue weighted by molar-refractivity contribution is 5.77.